The molecule has 0 amide bonds. The van der Waals surface area contributed by atoms with Gasteiger partial charge in [0.15, 0.2) is 5.13 Å². The van der Waals surface area contributed by atoms with Crippen LogP contribution in [0.4, 0.5) is 15.2 Å². The van der Waals surface area contributed by atoms with Crippen molar-refractivity contribution in [1.29, 1.82) is 0 Å². The van der Waals surface area contributed by atoms with E-state index >= 15 is 0 Å². The first-order valence-electron chi connectivity index (χ1n) is 5.40. The lowest BCUT2D eigenvalue weighted by Crippen LogP contribution is -1.91. The normalized spacial score (nSPS) is 10.9. The summed E-state index contributed by atoms with van der Waals surface area (Å²) in [6, 6.07) is 10.0. The Morgan fingerprint density at radius 3 is 2.89 bits per heavy atom. The summed E-state index contributed by atoms with van der Waals surface area (Å²) in [6.45, 7) is 0. The number of nitrogens with one attached hydrogen (secondary N) is 1. The average Bonchev–Trinajstić information content (AvgIpc) is 2.78. The van der Waals surface area contributed by atoms with Crippen LogP contribution < -0.4 is 5.32 Å². The maximum absolute atomic E-state index is 13.2. The fourth-order valence-electron chi connectivity index (χ4n) is 1.68. The van der Waals surface area contributed by atoms with Gasteiger partial charge in [-0.05, 0) is 46.3 Å². The maximum Gasteiger partial charge on any atom is 0.188 e. The highest BCUT2D eigenvalue weighted by Gasteiger charge is 2.09. The molecule has 3 rings (SSSR count). The second-order valence-electron chi connectivity index (χ2n) is 3.86. The number of fused-ring (bicyclic) bond motifs is 1. The zero-order valence-electron chi connectivity index (χ0n) is 9.45. The molecule has 1 heterocycles. The molecular weight excluding hydrogens is 351 g/mol. The quantitative estimate of drug-likeness (QED) is 0.646. The summed E-state index contributed by atoms with van der Waals surface area (Å²) < 4.78 is 14.9. The van der Waals surface area contributed by atoms with E-state index in [2.05, 4.69) is 26.2 Å². The Morgan fingerprint density at radius 2 is 2.11 bits per heavy atom. The van der Waals surface area contributed by atoms with Gasteiger partial charge in [0.2, 0.25) is 0 Å². The molecule has 0 fully saturated rings. The predicted octanol–water partition coefficient (Wildman–Crippen LogP) is 5.59. The molecule has 1 aromatic heterocycles. The monoisotopic (exact) mass is 356 g/mol. The minimum atomic E-state index is -0.301. The zero-order chi connectivity index (χ0) is 13.4. The van der Waals surface area contributed by atoms with Gasteiger partial charge in [-0.3, -0.25) is 0 Å². The van der Waals surface area contributed by atoms with Gasteiger partial charge in [-0.25, -0.2) is 9.37 Å². The van der Waals surface area contributed by atoms with Crippen molar-refractivity contribution in [3.63, 3.8) is 0 Å². The number of nitrogens with zero attached hydrogens (tertiary/aromatic N) is 1. The molecule has 96 valence electrons. The lowest BCUT2D eigenvalue weighted by molar-refractivity contribution is 0.628. The van der Waals surface area contributed by atoms with E-state index in [0.29, 0.717) is 15.8 Å². The van der Waals surface area contributed by atoms with Crippen molar-refractivity contribution in [3.05, 3.63) is 51.7 Å². The molecule has 0 unspecified atom stereocenters. The standard InChI is InChI=1S/C13H7BrClFN2S/c14-8-5-4-7(16)6-11(8)18-13-17-10-3-1-2-9(15)12(10)19-13/h1-6H,(H,17,18). The number of aromatic nitrogens is 1. The zero-order valence-corrected chi connectivity index (χ0v) is 12.6. The number of hydrogen-bond donors (Lipinski definition) is 1. The summed E-state index contributed by atoms with van der Waals surface area (Å²) in [4.78, 5) is 4.42. The molecule has 0 saturated heterocycles. The smallest absolute Gasteiger partial charge is 0.188 e. The van der Waals surface area contributed by atoms with E-state index in [1.165, 1.54) is 23.5 Å². The first kappa shape index (κ1) is 12.8. The lowest BCUT2D eigenvalue weighted by Gasteiger charge is -2.04. The summed E-state index contributed by atoms with van der Waals surface area (Å²) in [5, 5.41) is 4.43. The highest BCUT2D eigenvalue weighted by molar-refractivity contribution is 9.10. The molecule has 0 saturated carbocycles. The topological polar surface area (TPSA) is 24.9 Å². The molecule has 6 heteroatoms. The third-order valence-electron chi connectivity index (χ3n) is 2.54. The Balaban J connectivity index is 2.01. The Morgan fingerprint density at radius 1 is 1.26 bits per heavy atom. The average molecular weight is 358 g/mol. The minimum Gasteiger partial charge on any atom is -0.330 e. The summed E-state index contributed by atoms with van der Waals surface area (Å²) >= 11 is 10.9. The molecule has 2 nitrogen and oxygen atoms in total. The van der Waals surface area contributed by atoms with Gasteiger partial charge in [-0.15, -0.1) is 0 Å². The second-order valence-corrected chi connectivity index (χ2v) is 6.12. The van der Waals surface area contributed by atoms with E-state index in [-0.39, 0.29) is 5.82 Å². The van der Waals surface area contributed by atoms with Crippen LogP contribution in [-0.4, -0.2) is 4.98 Å². The van der Waals surface area contributed by atoms with Crippen LogP contribution in [0.25, 0.3) is 10.2 Å². The highest BCUT2D eigenvalue weighted by atomic mass is 79.9. The van der Waals surface area contributed by atoms with Crippen LogP contribution in [0.2, 0.25) is 5.02 Å². The van der Waals surface area contributed by atoms with E-state index in [4.69, 9.17) is 11.6 Å². The van der Waals surface area contributed by atoms with Crippen LogP contribution in [0.1, 0.15) is 0 Å². The van der Waals surface area contributed by atoms with Crippen LogP contribution in [0.3, 0.4) is 0 Å². The maximum atomic E-state index is 13.2. The Kier molecular flexibility index (Phi) is 3.43. The molecule has 3 aromatic rings. The number of thiazole rings is 1. The van der Waals surface area contributed by atoms with Gasteiger partial charge < -0.3 is 5.32 Å². The largest absolute Gasteiger partial charge is 0.330 e. The second kappa shape index (κ2) is 5.07. The summed E-state index contributed by atoms with van der Waals surface area (Å²) in [5.74, 6) is -0.301. The number of halogens is 3. The molecular formula is C13H7BrClFN2S. The Labute approximate surface area is 126 Å². The van der Waals surface area contributed by atoms with Crippen LogP contribution in [-0.2, 0) is 0 Å². The van der Waals surface area contributed by atoms with Gasteiger partial charge in [0.05, 0.1) is 20.9 Å². The van der Waals surface area contributed by atoms with Gasteiger partial charge in [0, 0.05) is 4.47 Å². The SMILES string of the molecule is Fc1ccc(Br)c(Nc2nc3cccc(Cl)c3s2)c1. The van der Waals surface area contributed by atoms with E-state index in [0.717, 1.165) is 14.7 Å². The van der Waals surface area contributed by atoms with Gasteiger partial charge in [0.1, 0.15) is 5.82 Å². The molecule has 0 bridgehead atoms. The van der Waals surface area contributed by atoms with Crippen LogP contribution in [0, 0.1) is 5.82 Å². The van der Waals surface area contributed by atoms with Crippen molar-refractivity contribution in [2.24, 2.45) is 0 Å². The van der Waals surface area contributed by atoms with Crippen molar-refractivity contribution in [1.82, 2.24) is 4.98 Å². The number of anilines is 2. The van der Waals surface area contributed by atoms with Gasteiger partial charge in [0.25, 0.3) is 0 Å². The predicted molar refractivity (Wildman–Crippen MR) is 82.0 cm³/mol. The molecule has 1 N–H and O–H groups in total. The van der Waals surface area contributed by atoms with Gasteiger partial charge in [-0.1, -0.05) is 29.0 Å². The third kappa shape index (κ3) is 2.59. The molecule has 19 heavy (non-hydrogen) atoms. The summed E-state index contributed by atoms with van der Waals surface area (Å²) in [5.41, 5.74) is 1.46. The first-order chi connectivity index (χ1) is 9.13. The van der Waals surface area contributed by atoms with E-state index < -0.39 is 0 Å². The van der Waals surface area contributed by atoms with Gasteiger partial charge in [-0.2, -0.15) is 0 Å². The van der Waals surface area contributed by atoms with Crippen molar-refractivity contribution in [2.75, 3.05) is 5.32 Å². The van der Waals surface area contributed by atoms with Crippen molar-refractivity contribution >= 4 is 59.9 Å². The fraction of sp³-hybridized carbons (Fsp3) is 0. The fourth-order valence-corrected chi connectivity index (χ4v) is 3.19. The first-order valence-corrected chi connectivity index (χ1v) is 7.39. The van der Waals surface area contributed by atoms with Crippen molar-refractivity contribution < 1.29 is 4.39 Å². The summed E-state index contributed by atoms with van der Waals surface area (Å²) in [7, 11) is 0. The number of benzene rings is 2. The molecule has 2 aromatic carbocycles. The minimum absolute atomic E-state index is 0.301. The van der Waals surface area contributed by atoms with Gasteiger partial charge >= 0.3 is 0 Å². The van der Waals surface area contributed by atoms with Crippen LogP contribution in [0.5, 0.6) is 0 Å². The molecule has 0 aliphatic carbocycles. The molecule has 0 atom stereocenters. The lowest BCUT2D eigenvalue weighted by atomic mass is 10.3. The van der Waals surface area contributed by atoms with E-state index in [1.54, 1.807) is 6.07 Å². The van der Waals surface area contributed by atoms with E-state index in [1.807, 2.05) is 18.2 Å². The van der Waals surface area contributed by atoms with Crippen molar-refractivity contribution in [2.45, 2.75) is 0 Å². The molecule has 0 radical (unpaired) electrons. The molecule has 0 aliphatic heterocycles. The van der Waals surface area contributed by atoms with Crippen LogP contribution >= 0.6 is 38.9 Å². The number of rotatable bonds is 2. The molecule has 0 aliphatic rings. The summed E-state index contributed by atoms with van der Waals surface area (Å²) in [6.07, 6.45) is 0. The Bertz CT molecular complexity index is 759. The third-order valence-corrected chi connectivity index (χ3v) is 4.68. The number of hydrogen-bond acceptors (Lipinski definition) is 3. The molecule has 0 spiro atoms. The van der Waals surface area contributed by atoms with Crippen LogP contribution in [0.15, 0.2) is 40.9 Å². The van der Waals surface area contributed by atoms with Crippen molar-refractivity contribution in [3.8, 4) is 0 Å². The Hall–Kier alpha value is -1.17. The highest BCUT2D eigenvalue weighted by Crippen LogP contribution is 2.34. The van der Waals surface area contributed by atoms with E-state index in [9.17, 15) is 4.39 Å².